The van der Waals surface area contributed by atoms with Crippen LogP contribution < -0.4 is 5.32 Å². The molecule has 13 heavy (non-hydrogen) atoms. The van der Waals surface area contributed by atoms with E-state index < -0.39 is 5.97 Å². The van der Waals surface area contributed by atoms with Gasteiger partial charge in [0.1, 0.15) is 4.88 Å². The largest absolute Gasteiger partial charge is 0.477 e. The van der Waals surface area contributed by atoms with E-state index >= 15 is 0 Å². The summed E-state index contributed by atoms with van der Waals surface area (Å²) in [6.45, 7) is 0.603. The van der Waals surface area contributed by atoms with Gasteiger partial charge in [0.15, 0.2) is 0 Å². The Balaban J connectivity index is 2.48. The molecule has 0 atom stereocenters. The van der Waals surface area contributed by atoms with Crippen molar-refractivity contribution < 1.29 is 14.7 Å². The van der Waals surface area contributed by atoms with E-state index in [9.17, 15) is 9.59 Å². The van der Waals surface area contributed by atoms with E-state index in [0.717, 1.165) is 11.3 Å². The van der Waals surface area contributed by atoms with Crippen molar-refractivity contribution in [3.05, 3.63) is 21.4 Å². The zero-order valence-electron chi connectivity index (χ0n) is 6.66. The lowest BCUT2D eigenvalue weighted by atomic mass is 10.1. The summed E-state index contributed by atoms with van der Waals surface area (Å²) >= 11 is 1.19. The van der Waals surface area contributed by atoms with Crippen molar-refractivity contribution in [2.45, 2.75) is 6.42 Å². The van der Waals surface area contributed by atoms with Crippen molar-refractivity contribution >= 4 is 23.2 Å². The van der Waals surface area contributed by atoms with Gasteiger partial charge < -0.3 is 10.4 Å². The summed E-state index contributed by atoms with van der Waals surface area (Å²) in [4.78, 5) is 22.9. The summed E-state index contributed by atoms with van der Waals surface area (Å²) in [5, 5.41) is 11.4. The Morgan fingerprint density at radius 1 is 1.62 bits per heavy atom. The molecule has 2 rings (SSSR count). The SMILES string of the molecule is O=C(O)c1cc2c(s1)CCNC2=O. The first kappa shape index (κ1) is 8.25. The summed E-state index contributed by atoms with van der Waals surface area (Å²) in [7, 11) is 0. The second-order valence-electron chi connectivity index (χ2n) is 2.76. The number of carboxylic acid groups (broad SMARTS) is 1. The second-order valence-corrected chi connectivity index (χ2v) is 3.90. The van der Waals surface area contributed by atoms with Crippen LogP contribution in [0.5, 0.6) is 0 Å². The van der Waals surface area contributed by atoms with Crippen LogP contribution in [0.2, 0.25) is 0 Å². The summed E-state index contributed by atoms with van der Waals surface area (Å²) in [5.41, 5.74) is 0.522. The van der Waals surface area contributed by atoms with Crippen molar-refractivity contribution in [3.8, 4) is 0 Å². The molecule has 0 unspecified atom stereocenters. The lowest BCUT2D eigenvalue weighted by Gasteiger charge is -2.10. The van der Waals surface area contributed by atoms with Crippen molar-refractivity contribution in [2.75, 3.05) is 6.54 Å². The molecule has 0 bridgehead atoms. The van der Waals surface area contributed by atoms with Crippen molar-refractivity contribution in [1.82, 2.24) is 5.32 Å². The molecule has 5 heteroatoms. The first-order valence-corrected chi connectivity index (χ1v) is 4.64. The Labute approximate surface area is 78.2 Å². The first-order valence-electron chi connectivity index (χ1n) is 3.82. The van der Waals surface area contributed by atoms with Gasteiger partial charge in [-0.3, -0.25) is 4.79 Å². The number of thiophene rings is 1. The molecular formula is C8H7NO3S. The molecule has 0 spiro atoms. The maximum atomic E-state index is 11.2. The van der Waals surface area contributed by atoms with Crippen LogP contribution in [0.4, 0.5) is 0 Å². The maximum Gasteiger partial charge on any atom is 0.345 e. The van der Waals surface area contributed by atoms with Gasteiger partial charge >= 0.3 is 5.97 Å². The molecule has 0 saturated carbocycles. The van der Waals surface area contributed by atoms with Crippen LogP contribution in [0.15, 0.2) is 6.07 Å². The zero-order chi connectivity index (χ0) is 9.42. The lowest BCUT2D eigenvalue weighted by Crippen LogP contribution is -2.30. The normalized spacial score (nSPS) is 14.9. The van der Waals surface area contributed by atoms with E-state index in [2.05, 4.69) is 5.32 Å². The molecule has 0 fully saturated rings. The first-order chi connectivity index (χ1) is 6.18. The Hall–Kier alpha value is -1.36. The van der Waals surface area contributed by atoms with Gasteiger partial charge in [-0.2, -0.15) is 0 Å². The number of carboxylic acids is 1. The third-order valence-electron chi connectivity index (χ3n) is 1.90. The van der Waals surface area contributed by atoms with E-state index in [1.165, 1.54) is 17.4 Å². The molecule has 0 aromatic carbocycles. The molecule has 1 aliphatic heterocycles. The Kier molecular flexibility index (Phi) is 1.81. The lowest BCUT2D eigenvalue weighted by molar-refractivity contribution is 0.0702. The highest BCUT2D eigenvalue weighted by molar-refractivity contribution is 7.14. The number of amides is 1. The molecule has 0 aliphatic carbocycles. The number of fused-ring (bicyclic) bond motifs is 1. The number of hydrogen-bond acceptors (Lipinski definition) is 3. The molecule has 0 radical (unpaired) electrons. The minimum Gasteiger partial charge on any atom is -0.477 e. The predicted octanol–water partition coefficient (Wildman–Crippen LogP) is 0.732. The topological polar surface area (TPSA) is 66.4 Å². The summed E-state index contributed by atoms with van der Waals surface area (Å²) in [6.07, 6.45) is 0.735. The third kappa shape index (κ3) is 1.31. The molecule has 4 nitrogen and oxygen atoms in total. The fourth-order valence-electron chi connectivity index (χ4n) is 1.30. The summed E-state index contributed by atoms with van der Waals surface area (Å²) in [6, 6.07) is 1.44. The monoisotopic (exact) mass is 197 g/mol. The van der Waals surface area contributed by atoms with Crippen molar-refractivity contribution in [1.29, 1.82) is 0 Å². The van der Waals surface area contributed by atoms with Gasteiger partial charge in [-0.05, 0) is 12.5 Å². The highest BCUT2D eigenvalue weighted by Crippen LogP contribution is 2.24. The fourth-order valence-corrected chi connectivity index (χ4v) is 2.29. The summed E-state index contributed by atoms with van der Waals surface area (Å²) in [5.74, 6) is -1.13. The maximum absolute atomic E-state index is 11.2. The van der Waals surface area contributed by atoms with Crippen LogP contribution in [0.25, 0.3) is 0 Å². The standard InChI is InChI=1S/C8H7NO3S/c10-7-4-3-6(8(11)12)13-5(4)1-2-9-7/h3H,1-2H2,(H,9,10)(H,11,12). The molecule has 1 aromatic heterocycles. The number of aromatic carboxylic acids is 1. The van der Waals surface area contributed by atoms with Gasteiger partial charge in [-0.25, -0.2) is 4.79 Å². The van der Waals surface area contributed by atoms with Crippen LogP contribution >= 0.6 is 11.3 Å². The number of rotatable bonds is 1. The van der Waals surface area contributed by atoms with Crippen LogP contribution in [-0.4, -0.2) is 23.5 Å². The summed E-state index contributed by atoms with van der Waals surface area (Å²) < 4.78 is 0. The van der Waals surface area contributed by atoms with E-state index in [0.29, 0.717) is 12.1 Å². The number of hydrogen-bond donors (Lipinski definition) is 2. The Morgan fingerprint density at radius 2 is 2.38 bits per heavy atom. The van der Waals surface area contributed by atoms with Gasteiger partial charge in [-0.1, -0.05) is 0 Å². The van der Waals surface area contributed by atoms with E-state index in [4.69, 9.17) is 5.11 Å². The molecule has 1 aliphatic rings. The highest BCUT2D eigenvalue weighted by Gasteiger charge is 2.21. The number of carbonyl (C=O) groups excluding carboxylic acids is 1. The molecule has 1 aromatic rings. The van der Waals surface area contributed by atoms with Gasteiger partial charge in [0.2, 0.25) is 0 Å². The van der Waals surface area contributed by atoms with Gasteiger partial charge in [0.25, 0.3) is 5.91 Å². The molecule has 68 valence electrons. The van der Waals surface area contributed by atoms with Crippen molar-refractivity contribution in [3.63, 3.8) is 0 Å². The van der Waals surface area contributed by atoms with E-state index in [1.807, 2.05) is 0 Å². The molecule has 2 N–H and O–H groups in total. The quantitative estimate of drug-likeness (QED) is 0.697. The molecular weight excluding hydrogens is 190 g/mol. The Morgan fingerprint density at radius 3 is 3.00 bits per heavy atom. The fraction of sp³-hybridized carbons (Fsp3) is 0.250. The number of carbonyl (C=O) groups is 2. The predicted molar refractivity (Wildman–Crippen MR) is 47.3 cm³/mol. The zero-order valence-corrected chi connectivity index (χ0v) is 7.48. The van der Waals surface area contributed by atoms with Crippen LogP contribution in [0.3, 0.4) is 0 Å². The van der Waals surface area contributed by atoms with Crippen LogP contribution in [0, 0.1) is 0 Å². The molecule has 2 heterocycles. The van der Waals surface area contributed by atoms with Gasteiger partial charge in [-0.15, -0.1) is 11.3 Å². The van der Waals surface area contributed by atoms with Crippen LogP contribution in [-0.2, 0) is 6.42 Å². The smallest absolute Gasteiger partial charge is 0.345 e. The number of nitrogens with one attached hydrogen (secondary N) is 1. The molecule has 0 saturated heterocycles. The van der Waals surface area contributed by atoms with Crippen LogP contribution in [0.1, 0.15) is 24.9 Å². The Bertz CT molecular complexity index is 383. The third-order valence-corrected chi connectivity index (χ3v) is 3.08. The van der Waals surface area contributed by atoms with Crippen molar-refractivity contribution in [2.24, 2.45) is 0 Å². The van der Waals surface area contributed by atoms with Gasteiger partial charge in [0, 0.05) is 11.4 Å². The second kappa shape index (κ2) is 2.85. The average molecular weight is 197 g/mol. The van der Waals surface area contributed by atoms with Gasteiger partial charge in [0.05, 0.1) is 5.56 Å². The van der Waals surface area contributed by atoms with E-state index in [1.54, 1.807) is 0 Å². The minimum atomic E-state index is -0.966. The molecule has 1 amide bonds. The minimum absolute atomic E-state index is 0.162. The van der Waals surface area contributed by atoms with E-state index in [-0.39, 0.29) is 10.8 Å². The average Bonchev–Trinajstić information content (AvgIpc) is 2.49. The highest BCUT2D eigenvalue weighted by atomic mass is 32.1.